The van der Waals surface area contributed by atoms with Crippen LogP contribution in [0.4, 0.5) is 10.5 Å². The van der Waals surface area contributed by atoms with Gasteiger partial charge in [-0.1, -0.05) is 20.8 Å². The summed E-state index contributed by atoms with van der Waals surface area (Å²) in [5, 5.41) is 6.67. The average Bonchev–Trinajstić information content (AvgIpc) is 2.75. The molecule has 0 spiro atoms. The molecule has 0 radical (unpaired) electrons. The van der Waals surface area contributed by atoms with E-state index in [0.717, 1.165) is 34.1 Å². The van der Waals surface area contributed by atoms with Crippen molar-refractivity contribution in [3.63, 3.8) is 0 Å². The molecule has 0 aliphatic heterocycles. The van der Waals surface area contributed by atoms with Crippen molar-refractivity contribution in [3.05, 3.63) is 47.7 Å². The van der Waals surface area contributed by atoms with Crippen LogP contribution < -0.4 is 24.8 Å². The summed E-state index contributed by atoms with van der Waals surface area (Å²) < 4.78 is 17.1. The number of hydrogen-bond acceptors (Lipinski definition) is 5. The number of pyridine rings is 1. The van der Waals surface area contributed by atoms with Gasteiger partial charge in [-0.3, -0.25) is 4.98 Å². The van der Waals surface area contributed by atoms with Crippen molar-refractivity contribution in [1.82, 2.24) is 10.3 Å². The number of amides is 2. The van der Waals surface area contributed by atoms with Crippen LogP contribution in [0.25, 0.3) is 10.9 Å². The maximum Gasteiger partial charge on any atom is 0.319 e. The predicted octanol–water partition coefficient (Wildman–Crippen LogP) is 6.22. The van der Waals surface area contributed by atoms with Gasteiger partial charge in [-0.2, -0.15) is 0 Å². The second-order valence-corrected chi connectivity index (χ2v) is 9.26. The number of benzene rings is 2. The Hall–Kier alpha value is -3.48. The van der Waals surface area contributed by atoms with Gasteiger partial charge in [0.25, 0.3) is 0 Å². The molecule has 33 heavy (non-hydrogen) atoms. The molecule has 7 nitrogen and oxygen atoms in total. The summed E-state index contributed by atoms with van der Waals surface area (Å²) >= 11 is 0. The standard InChI is InChI=1S/C26H33N3O4/c1-16-13-22(17(2)12-19(16)29-25(30)28-11-9-26(3,4)5)33-21-8-10-27-20-15-24(32-7)23(31-6)14-18(20)21/h8,10,12-15H,9,11H2,1-7H3,(H2,28,29,30). The highest BCUT2D eigenvalue weighted by atomic mass is 16.5. The van der Waals surface area contributed by atoms with Gasteiger partial charge in [0.05, 0.1) is 19.7 Å². The van der Waals surface area contributed by atoms with E-state index in [-0.39, 0.29) is 11.4 Å². The minimum Gasteiger partial charge on any atom is -0.493 e. The molecule has 0 aliphatic rings. The van der Waals surface area contributed by atoms with Crippen molar-refractivity contribution >= 4 is 22.6 Å². The van der Waals surface area contributed by atoms with Crippen LogP contribution in [0.5, 0.6) is 23.0 Å². The van der Waals surface area contributed by atoms with Crippen LogP contribution in [0.2, 0.25) is 0 Å². The zero-order valence-electron chi connectivity index (χ0n) is 20.5. The second-order valence-electron chi connectivity index (χ2n) is 9.26. The molecule has 0 fully saturated rings. The number of carbonyl (C=O) groups is 1. The normalized spacial score (nSPS) is 11.2. The van der Waals surface area contributed by atoms with E-state index in [0.29, 0.717) is 29.5 Å². The molecule has 3 aromatic rings. The number of urea groups is 1. The molecule has 2 N–H and O–H groups in total. The highest BCUT2D eigenvalue weighted by molar-refractivity contribution is 5.91. The molecule has 7 heteroatoms. The van der Waals surface area contributed by atoms with Gasteiger partial charge in [0.2, 0.25) is 0 Å². The number of methoxy groups -OCH3 is 2. The first-order valence-corrected chi connectivity index (χ1v) is 11.0. The fraction of sp³-hybridized carbons (Fsp3) is 0.385. The Kier molecular flexibility index (Phi) is 7.31. The monoisotopic (exact) mass is 451 g/mol. The molecular formula is C26H33N3O4. The highest BCUT2D eigenvalue weighted by Crippen LogP contribution is 2.38. The van der Waals surface area contributed by atoms with E-state index in [1.807, 2.05) is 44.2 Å². The van der Waals surface area contributed by atoms with Crippen molar-refractivity contribution in [2.45, 2.75) is 41.0 Å². The van der Waals surface area contributed by atoms with E-state index < -0.39 is 0 Å². The minimum atomic E-state index is -0.211. The summed E-state index contributed by atoms with van der Waals surface area (Å²) in [7, 11) is 3.19. The van der Waals surface area contributed by atoms with Crippen LogP contribution in [0, 0.1) is 19.3 Å². The number of aromatic nitrogens is 1. The Labute approximate surface area is 195 Å². The van der Waals surface area contributed by atoms with Gasteiger partial charge in [0.1, 0.15) is 11.5 Å². The molecule has 0 aliphatic carbocycles. The van der Waals surface area contributed by atoms with Gasteiger partial charge in [0, 0.05) is 29.9 Å². The van der Waals surface area contributed by atoms with E-state index >= 15 is 0 Å². The Morgan fingerprint density at radius 2 is 1.64 bits per heavy atom. The number of fused-ring (bicyclic) bond motifs is 1. The van der Waals surface area contributed by atoms with Crippen molar-refractivity contribution in [2.75, 3.05) is 26.1 Å². The predicted molar refractivity (Wildman–Crippen MR) is 132 cm³/mol. The summed E-state index contributed by atoms with van der Waals surface area (Å²) in [5.41, 5.74) is 3.46. The summed E-state index contributed by atoms with van der Waals surface area (Å²) in [6, 6.07) is 9.13. The zero-order chi connectivity index (χ0) is 24.2. The van der Waals surface area contributed by atoms with E-state index in [1.165, 1.54) is 0 Å². The molecule has 176 valence electrons. The Bertz CT molecular complexity index is 1150. The topological polar surface area (TPSA) is 81.7 Å². The maximum absolute atomic E-state index is 12.3. The lowest BCUT2D eigenvalue weighted by Crippen LogP contribution is -2.31. The van der Waals surface area contributed by atoms with Gasteiger partial charge in [-0.15, -0.1) is 0 Å². The first-order chi connectivity index (χ1) is 15.6. The van der Waals surface area contributed by atoms with Gasteiger partial charge in [-0.25, -0.2) is 4.79 Å². The fourth-order valence-electron chi connectivity index (χ4n) is 3.41. The molecule has 0 bridgehead atoms. The summed E-state index contributed by atoms with van der Waals surface area (Å²) in [5.74, 6) is 2.57. The number of hydrogen-bond donors (Lipinski definition) is 2. The second kappa shape index (κ2) is 9.98. The summed E-state index contributed by atoms with van der Waals surface area (Å²) in [4.78, 5) is 16.7. The molecule has 1 aromatic heterocycles. The van der Waals surface area contributed by atoms with Crippen LogP contribution in [0.3, 0.4) is 0 Å². The molecule has 0 saturated carbocycles. The first-order valence-electron chi connectivity index (χ1n) is 11.0. The van der Waals surface area contributed by atoms with Crippen molar-refractivity contribution in [2.24, 2.45) is 5.41 Å². The Morgan fingerprint density at radius 1 is 0.939 bits per heavy atom. The number of aryl methyl sites for hydroxylation is 2. The van der Waals surface area contributed by atoms with Gasteiger partial charge < -0.3 is 24.8 Å². The van der Waals surface area contributed by atoms with Crippen LogP contribution in [-0.2, 0) is 0 Å². The van der Waals surface area contributed by atoms with Crippen LogP contribution in [0.15, 0.2) is 36.5 Å². The number of nitrogens with zero attached hydrogens (tertiary/aromatic N) is 1. The van der Waals surface area contributed by atoms with Gasteiger partial charge >= 0.3 is 6.03 Å². The molecule has 2 aromatic carbocycles. The molecule has 0 atom stereocenters. The molecule has 1 heterocycles. The van der Waals surface area contributed by atoms with Crippen LogP contribution >= 0.6 is 0 Å². The summed E-state index contributed by atoms with van der Waals surface area (Å²) in [6.45, 7) is 11.0. The van der Waals surface area contributed by atoms with E-state index in [2.05, 4.69) is 36.4 Å². The van der Waals surface area contributed by atoms with Crippen LogP contribution in [0.1, 0.15) is 38.3 Å². The lowest BCUT2D eigenvalue weighted by Gasteiger charge is -2.19. The van der Waals surface area contributed by atoms with E-state index in [9.17, 15) is 4.79 Å². The molecule has 3 rings (SSSR count). The molecule has 0 unspecified atom stereocenters. The number of carbonyl (C=O) groups excluding carboxylic acids is 1. The smallest absolute Gasteiger partial charge is 0.319 e. The third-order valence-electron chi connectivity index (χ3n) is 5.36. The van der Waals surface area contributed by atoms with Crippen molar-refractivity contribution < 1.29 is 19.0 Å². The number of ether oxygens (including phenoxy) is 3. The third-order valence-corrected chi connectivity index (χ3v) is 5.36. The van der Waals surface area contributed by atoms with E-state index in [4.69, 9.17) is 14.2 Å². The van der Waals surface area contributed by atoms with Crippen molar-refractivity contribution in [1.29, 1.82) is 0 Å². The van der Waals surface area contributed by atoms with Crippen LogP contribution in [-0.4, -0.2) is 31.8 Å². The molecule has 0 saturated heterocycles. The quantitative estimate of drug-likeness (QED) is 0.446. The number of anilines is 1. The van der Waals surface area contributed by atoms with Gasteiger partial charge in [0.15, 0.2) is 11.5 Å². The fourth-order valence-corrected chi connectivity index (χ4v) is 3.41. The number of rotatable bonds is 7. The molecule has 2 amide bonds. The largest absolute Gasteiger partial charge is 0.493 e. The lowest BCUT2D eigenvalue weighted by atomic mass is 9.92. The van der Waals surface area contributed by atoms with Crippen molar-refractivity contribution in [3.8, 4) is 23.0 Å². The Morgan fingerprint density at radius 3 is 2.30 bits per heavy atom. The average molecular weight is 452 g/mol. The maximum atomic E-state index is 12.3. The third kappa shape index (κ3) is 6.06. The highest BCUT2D eigenvalue weighted by Gasteiger charge is 2.15. The SMILES string of the molecule is COc1cc2nccc(Oc3cc(C)c(NC(=O)NCCC(C)(C)C)cc3C)c2cc1OC. The number of nitrogens with one attached hydrogen (secondary N) is 2. The molecular weight excluding hydrogens is 418 g/mol. The van der Waals surface area contributed by atoms with Gasteiger partial charge in [-0.05, 0) is 61.1 Å². The summed E-state index contributed by atoms with van der Waals surface area (Å²) in [6.07, 6.45) is 2.60. The lowest BCUT2D eigenvalue weighted by molar-refractivity contribution is 0.250. The minimum absolute atomic E-state index is 0.172. The Balaban J connectivity index is 1.81. The van der Waals surface area contributed by atoms with E-state index in [1.54, 1.807) is 20.4 Å². The zero-order valence-corrected chi connectivity index (χ0v) is 20.5. The first kappa shape index (κ1) is 24.2.